The summed E-state index contributed by atoms with van der Waals surface area (Å²) in [6, 6.07) is 6.23. The standard InChI is InChI=1S/C29H38F3N5O3/c1-19-26(28(38)37-13-8-23(9-14-37)35-24-10-15-40-17-25(24)39-2)33-18-34-27(19)36-11-6-20(7-12-36)21-4-3-5-22(16-21)29(30,31)32/h3-5,16,18,20,23-25,35H,6-15,17H2,1-2H3. The van der Waals surface area contributed by atoms with Gasteiger partial charge >= 0.3 is 6.18 Å². The Morgan fingerprint density at radius 3 is 2.52 bits per heavy atom. The van der Waals surface area contributed by atoms with Crippen LogP contribution in [0.25, 0.3) is 0 Å². The van der Waals surface area contributed by atoms with Crippen molar-refractivity contribution in [3.8, 4) is 0 Å². The molecule has 3 saturated heterocycles. The number of benzene rings is 1. The summed E-state index contributed by atoms with van der Waals surface area (Å²) < 4.78 is 50.6. The number of rotatable bonds is 6. The molecule has 1 aromatic heterocycles. The number of methoxy groups -OCH3 is 1. The number of carbonyl (C=O) groups is 1. The third-order valence-electron chi connectivity index (χ3n) is 8.58. The van der Waals surface area contributed by atoms with Gasteiger partial charge in [0, 0.05) is 57.5 Å². The molecule has 3 aliphatic heterocycles. The fourth-order valence-electron chi connectivity index (χ4n) is 6.21. The number of alkyl halides is 3. The largest absolute Gasteiger partial charge is 0.416 e. The second-order valence-electron chi connectivity index (χ2n) is 11.0. The van der Waals surface area contributed by atoms with Gasteiger partial charge in [-0.25, -0.2) is 9.97 Å². The van der Waals surface area contributed by atoms with Gasteiger partial charge in [0.15, 0.2) is 0 Å². The minimum atomic E-state index is -4.35. The number of piperidine rings is 2. The van der Waals surface area contributed by atoms with Gasteiger partial charge in [0.1, 0.15) is 17.8 Å². The molecular weight excluding hydrogens is 523 g/mol. The average molecular weight is 562 g/mol. The Morgan fingerprint density at radius 2 is 1.82 bits per heavy atom. The molecule has 0 saturated carbocycles. The maximum Gasteiger partial charge on any atom is 0.416 e. The van der Waals surface area contributed by atoms with Crippen molar-refractivity contribution in [1.29, 1.82) is 0 Å². The number of carbonyl (C=O) groups excluding carboxylic acids is 1. The van der Waals surface area contributed by atoms with Gasteiger partial charge in [0.2, 0.25) is 0 Å². The van der Waals surface area contributed by atoms with E-state index in [9.17, 15) is 18.0 Å². The van der Waals surface area contributed by atoms with Crippen molar-refractivity contribution in [1.82, 2.24) is 20.2 Å². The van der Waals surface area contributed by atoms with E-state index in [-0.39, 0.29) is 24.0 Å². The molecule has 2 aromatic rings. The van der Waals surface area contributed by atoms with E-state index in [1.165, 1.54) is 18.5 Å². The van der Waals surface area contributed by atoms with E-state index >= 15 is 0 Å². The van der Waals surface area contributed by atoms with Gasteiger partial charge in [-0.3, -0.25) is 4.79 Å². The van der Waals surface area contributed by atoms with Crippen molar-refractivity contribution < 1.29 is 27.4 Å². The van der Waals surface area contributed by atoms with Crippen molar-refractivity contribution in [3.05, 3.63) is 53.0 Å². The van der Waals surface area contributed by atoms with Crippen LogP contribution in [0.5, 0.6) is 0 Å². The van der Waals surface area contributed by atoms with Crippen LogP contribution in [0, 0.1) is 6.92 Å². The van der Waals surface area contributed by atoms with Crippen LogP contribution in [0.2, 0.25) is 0 Å². The molecule has 0 radical (unpaired) electrons. The minimum Gasteiger partial charge on any atom is -0.379 e. The van der Waals surface area contributed by atoms with Gasteiger partial charge in [-0.15, -0.1) is 0 Å². The van der Waals surface area contributed by atoms with Crippen LogP contribution >= 0.6 is 0 Å². The number of nitrogens with zero attached hydrogens (tertiary/aromatic N) is 4. The minimum absolute atomic E-state index is 0.0469. The molecule has 0 bridgehead atoms. The Bertz CT molecular complexity index is 1160. The third-order valence-corrected chi connectivity index (χ3v) is 8.58. The summed E-state index contributed by atoms with van der Waals surface area (Å²) in [7, 11) is 1.71. The van der Waals surface area contributed by atoms with E-state index < -0.39 is 11.7 Å². The highest BCUT2D eigenvalue weighted by atomic mass is 19.4. The van der Waals surface area contributed by atoms with Crippen LogP contribution in [-0.4, -0.2) is 85.5 Å². The molecular formula is C29H38F3N5O3. The lowest BCUT2D eigenvalue weighted by atomic mass is 9.88. The van der Waals surface area contributed by atoms with Crippen molar-refractivity contribution in [2.75, 3.05) is 51.4 Å². The van der Waals surface area contributed by atoms with E-state index in [0.717, 1.165) is 48.9 Å². The molecule has 1 aromatic carbocycles. The average Bonchev–Trinajstić information content (AvgIpc) is 2.97. The van der Waals surface area contributed by atoms with E-state index in [1.807, 2.05) is 11.8 Å². The van der Waals surface area contributed by atoms with Crippen LogP contribution < -0.4 is 10.2 Å². The molecule has 2 atom stereocenters. The van der Waals surface area contributed by atoms with Crippen molar-refractivity contribution >= 4 is 11.7 Å². The molecule has 2 unspecified atom stereocenters. The van der Waals surface area contributed by atoms with Gasteiger partial charge in [-0.1, -0.05) is 18.2 Å². The Kier molecular flexibility index (Phi) is 8.92. The number of ether oxygens (including phenoxy) is 2. The summed E-state index contributed by atoms with van der Waals surface area (Å²) in [4.78, 5) is 26.3. The molecule has 0 spiro atoms. The van der Waals surface area contributed by atoms with Crippen LogP contribution in [0.1, 0.15) is 65.2 Å². The molecule has 1 N–H and O–H groups in total. The van der Waals surface area contributed by atoms with Gasteiger partial charge in [0.25, 0.3) is 5.91 Å². The predicted octanol–water partition coefficient (Wildman–Crippen LogP) is 4.19. The maximum atomic E-state index is 13.5. The summed E-state index contributed by atoms with van der Waals surface area (Å²) in [5.41, 5.74) is 1.28. The fraction of sp³-hybridized carbons (Fsp3) is 0.621. The first-order valence-corrected chi connectivity index (χ1v) is 14.1. The second kappa shape index (κ2) is 12.4. The van der Waals surface area contributed by atoms with Gasteiger partial charge in [-0.05, 0) is 56.6 Å². The quantitative estimate of drug-likeness (QED) is 0.567. The zero-order valence-corrected chi connectivity index (χ0v) is 23.1. The van der Waals surface area contributed by atoms with E-state index in [4.69, 9.17) is 9.47 Å². The molecule has 5 rings (SSSR count). The smallest absolute Gasteiger partial charge is 0.379 e. The molecule has 3 fully saturated rings. The Labute approximate surface area is 233 Å². The first-order chi connectivity index (χ1) is 19.2. The van der Waals surface area contributed by atoms with Gasteiger partial charge in [-0.2, -0.15) is 13.2 Å². The molecule has 1 amide bonds. The number of nitrogens with one attached hydrogen (secondary N) is 1. The topological polar surface area (TPSA) is 79.8 Å². The lowest BCUT2D eigenvalue weighted by Crippen LogP contribution is -2.54. The predicted molar refractivity (Wildman–Crippen MR) is 144 cm³/mol. The van der Waals surface area contributed by atoms with Crippen LogP contribution in [-0.2, 0) is 15.7 Å². The first-order valence-electron chi connectivity index (χ1n) is 14.1. The van der Waals surface area contributed by atoms with Gasteiger partial charge in [0.05, 0.1) is 18.3 Å². The summed E-state index contributed by atoms with van der Waals surface area (Å²) in [6.07, 6.45) is 1.21. The molecule has 3 aliphatic rings. The summed E-state index contributed by atoms with van der Waals surface area (Å²) in [6.45, 7) is 5.82. The number of anilines is 1. The molecule has 40 heavy (non-hydrogen) atoms. The highest BCUT2D eigenvalue weighted by molar-refractivity contribution is 5.94. The van der Waals surface area contributed by atoms with Crippen molar-refractivity contribution in [2.24, 2.45) is 0 Å². The van der Waals surface area contributed by atoms with Crippen molar-refractivity contribution in [3.63, 3.8) is 0 Å². The Hall–Kier alpha value is -2.76. The third kappa shape index (κ3) is 6.42. The lowest BCUT2D eigenvalue weighted by Gasteiger charge is -2.38. The van der Waals surface area contributed by atoms with Gasteiger partial charge < -0.3 is 24.6 Å². The Balaban J connectivity index is 1.18. The molecule has 218 valence electrons. The van der Waals surface area contributed by atoms with Crippen LogP contribution in [0.15, 0.2) is 30.6 Å². The SMILES string of the molecule is COC1COCCC1NC1CCN(C(=O)c2ncnc(N3CCC(c4cccc(C(F)(F)F)c4)CC3)c2C)CC1. The number of likely N-dealkylation sites (tertiary alicyclic amines) is 1. The number of halogens is 3. The van der Waals surface area contributed by atoms with E-state index in [0.29, 0.717) is 57.4 Å². The first kappa shape index (κ1) is 28.8. The highest BCUT2D eigenvalue weighted by Crippen LogP contribution is 2.35. The number of aromatic nitrogens is 2. The highest BCUT2D eigenvalue weighted by Gasteiger charge is 2.33. The summed E-state index contributed by atoms with van der Waals surface area (Å²) >= 11 is 0. The zero-order valence-electron chi connectivity index (χ0n) is 23.1. The molecule has 11 heteroatoms. The fourth-order valence-corrected chi connectivity index (χ4v) is 6.21. The number of hydrogen-bond acceptors (Lipinski definition) is 7. The molecule has 4 heterocycles. The van der Waals surface area contributed by atoms with E-state index in [2.05, 4.69) is 20.2 Å². The second-order valence-corrected chi connectivity index (χ2v) is 11.0. The number of amides is 1. The normalized spacial score (nSPS) is 23.4. The van der Waals surface area contributed by atoms with Crippen molar-refractivity contribution in [2.45, 2.75) is 69.3 Å². The van der Waals surface area contributed by atoms with Crippen LogP contribution in [0.3, 0.4) is 0 Å². The zero-order chi connectivity index (χ0) is 28.3. The Morgan fingerprint density at radius 1 is 1.07 bits per heavy atom. The summed E-state index contributed by atoms with van der Waals surface area (Å²) in [5, 5.41) is 3.72. The molecule has 8 nitrogen and oxygen atoms in total. The number of hydrogen-bond donors (Lipinski definition) is 1. The van der Waals surface area contributed by atoms with Crippen LogP contribution in [0.4, 0.5) is 19.0 Å². The summed E-state index contributed by atoms with van der Waals surface area (Å²) in [5.74, 6) is 0.693. The maximum absolute atomic E-state index is 13.5. The molecule has 0 aliphatic carbocycles. The lowest BCUT2D eigenvalue weighted by molar-refractivity contribution is -0.137. The monoisotopic (exact) mass is 561 g/mol. The van der Waals surface area contributed by atoms with E-state index in [1.54, 1.807) is 13.2 Å².